The number of carbonyl (C=O) groups excluding carboxylic acids is 2. The van der Waals surface area contributed by atoms with E-state index in [9.17, 15) is 91.3 Å². The fraction of sp³-hybridized carbons (Fsp3) is 0.926. The predicted octanol–water partition coefficient (Wildman–Crippen LogP) is -11.9. The van der Waals surface area contributed by atoms with E-state index < -0.39 is 148 Å². The summed E-state index contributed by atoms with van der Waals surface area (Å²) < 4.78 is 20.2. The molecule has 0 spiro atoms. The normalized spacial score (nSPS) is 34.7. The van der Waals surface area contributed by atoms with Crippen LogP contribution in [0, 0.1) is 0 Å². The van der Waals surface area contributed by atoms with E-state index in [4.69, 9.17) is 18.9 Å². The highest BCUT2D eigenvalue weighted by Gasteiger charge is 2.46. The molecule has 0 aromatic heterocycles. The Kier molecular flexibility index (Phi) is 18.8. The molecule has 2 amide bonds. The minimum absolute atomic E-state index is 0.0701. The van der Waals surface area contributed by atoms with Crippen molar-refractivity contribution in [2.75, 3.05) is 39.5 Å². The minimum atomic E-state index is -2.30. The summed E-state index contributed by atoms with van der Waals surface area (Å²) in [5, 5.41) is 163. The third-order valence-electron chi connectivity index (χ3n) is 8.18. The SMILES string of the molecule is O=C(NCCCNC(=O)[C@H](O)[C@@H](O)[C@H](O)[C@H](O)CO[C@H]1O[C@H](CO)[C@H](O)[C@H](O)[C@H]1O)[C@H](O)[C@@H](O)[C@H](O)[C@H](O)CO[C@H]1O[C@H](CO)[C@H](O)[C@H](O)[C@H]1O. The van der Waals surface area contributed by atoms with Crippen molar-refractivity contribution in [3.05, 3.63) is 0 Å². The third-order valence-corrected chi connectivity index (χ3v) is 8.18. The molecule has 18 N–H and O–H groups in total. The highest BCUT2D eigenvalue weighted by Crippen LogP contribution is 2.24. The molecule has 0 aromatic carbocycles. The number of carbonyl (C=O) groups is 2. The molecule has 0 radical (unpaired) electrons. The molecule has 0 unspecified atom stereocenters. The van der Waals surface area contributed by atoms with Crippen LogP contribution in [0.5, 0.6) is 0 Å². The Balaban J connectivity index is 1.71. The Labute approximate surface area is 289 Å². The van der Waals surface area contributed by atoms with E-state index in [0.29, 0.717) is 0 Å². The van der Waals surface area contributed by atoms with Crippen molar-refractivity contribution < 1.29 is 110 Å². The number of aliphatic hydroxyl groups excluding tert-OH is 16. The maximum Gasteiger partial charge on any atom is 0.251 e. The van der Waals surface area contributed by atoms with Gasteiger partial charge in [0.05, 0.1) is 26.4 Å². The Morgan fingerprint density at radius 1 is 0.529 bits per heavy atom. The average Bonchev–Trinajstić information content (AvgIpc) is 3.12. The van der Waals surface area contributed by atoms with Gasteiger partial charge in [0.25, 0.3) is 11.8 Å². The smallest absolute Gasteiger partial charge is 0.251 e. The summed E-state index contributed by atoms with van der Waals surface area (Å²) in [6.07, 6.45) is -34.2. The van der Waals surface area contributed by atoms with Crippen LogP contribution in [0.2, 0.25) is 0 Å². The number of rotatable bonds is 20. The summed E-state index contributed by atoms with van der Waals surface area (Å²) in [6.45, 7) is -3.81. The monoisotopic (exact) mass is 754 g/mol. The predicted molar refractivity (Wildman–Crippen MR) is 158 cm³/mol. The van der Waals surface area contributed by atoms with Crippen molar-refractivity contribution in [1.82, 2.24) is 10.6 Å². The molecule has 2 heterocycles. The van der Waals surface area contributed by atoms with Crippen molar-refractivity contribution in [2.24, 2.45) is 0 Å². The van der Waals surface area contributed by atoms with Gasteiger partial charge in [-0.3, -0.25) is 9.59 Å². The Morgan fingerprint density at radius 2 is 0.863 bits per heavy atom. The lowest BCUT2D eigenvalue weighted by molar-refractivity contribution is -0.306. The summed E-state index contributed by atoms with van der Waals surface area (Å²) in [6, 6.07) is 0. The zero-order valence-corrected chi connectivity index (χ0v) is 26.9. The molecule has 0 saturated carbocycles. The topological polar surface area (TPSA) is 419 Å². The van der Waals surface area contributed by atoms with Gasteiger partial charge in [0.1, 0.15) is 85.5 Å². The average molecular weight is 755 g/mol. The summed E-state index contributed by atoms with van der Waals surface area (Å²) in [7, 11) is 0. The molecule has 300 valence electrons. The molecule has 2 rings (SSSR count). The molecule has 2 aliphatic heterocycles. The molecule has 2 saturated heterocycles. The van der Waals surface area contributed by atoms with Crippen LogP contribution in [0.1, 0.15) is 6.42 Å². The van der Waals surface area contributed by atoms with Crippen LogP contribution < -0.4 is 10.6 Å². The number of hydrogen-bond acceptors (Lipinski definition) is 22. The molecular formula is C27H50N2O22. The Bertz CT molecular complexity index is 967. The number of hydrogen-bond donors (Lipinski definition) is 18. The van der Waals surface area contributed by atoms with Crippen LogP contribution in [-0.2, 0) is 28.5 Å². The van der Waals surface area contributed by atoms with E-state index in [1.54, 1.807) is 0 Å². The molecule has 0 aliphatic carbocycles. The summed E-state index contributed by atoms with van der Waals surface area (Å²) in [5.41, 5.74) is 0. The highest BCUT2D eigenvalue weighted by atomic mass is 16.7. The van der Waals surface area contributed by atoms with Crippen LogP contribution in [0.25, 0.3) is 0 Å². The lowest BCUT2D eigenvalue weighted by Crippen LogP contribution is -2.59. The van der Waals surface area contributed by atoms with Gasteiger partial charge in [-0.05, 0) is 6.42 Å². The van der Waals surface area contributed by atoms with Crippen molar-refractivity contribution in [2.45, 2.75) is 117 Å². The third kappa shape index (κ3) is 12.1. The number of aliphatic hydroxyl groups is 16. The number of ether oxygens (including phenoxy) is 4. The maximum absolute atomic E-state index is 12.2. The van der Waals surface area contributed by atoms with E-state index in [1.807, 2.05) is 0 Å². The van der Waals surface area contributed by atoms with Crippen LogP contribution in [0.4, 0.5) is 0 Å². The van der Waals surface area contributed by atoms with E-state index in [2.05, 4.69) is 10.6 Å². The molecule has 24 nitrogen and oxygen atoms in total. The first-order valence-corrected chi connectivity index (χ1v) is 15.7. The van der Waals surface area contributed by atoms with Gasteiger partial charge in [0.2, 0.25) is 0 Å². The molecule has 2 aliphatic rings. The largest absolute Gasteiger partial charge is 0.394 e. The van der Waals surface area contributed by atoms with Gasteiger partial charge < -0.3 is 111 Å². The fourth-order valence-electron chi connectivity index (χ4n) is 4.85. The van der Waals surface area contributed by atoms with Crippen LogP contribution in [0.15, 0.2) is 0 Å². The first-order chi connectivity index (χ1) is 23.9. The standard InChI is InChI=1S/C27H50N2O22/c30-4-10-14(36)18(40)22(44)26(50-10)48-6-8(32)12(34)16(38)20(42)24(46)28-2-1-3-29-25(47)21(43)17(39)13(35)9(33)7-49-27-23(45)19(41)15(37)11(5-31)51-27/h8-23,26-27,30-45H,1-7H2,(H,28,46)(H,29,47)/t8-,9-,10-,11-,12-,13-,14+,15+,16+,17+,18+,19+,20-,21-,22-,23-,26+,27+/m1/s1. The molecule has 2 fully saturated rings. The van der Waals surface area contributed by atoms with Gasteiger partial charge >= 0.3 is 0 Å². The van der Waals surface area contributed by atoms with Crippen LogP contribution in [0.3, 0.4) is 0 Å². The summed E-state index contributed by atoms with van der Waals surface area (Å²) in [5.74, 6) is -2.46. The fourth-order valence-corrected chi connectivity index (χ4v) is 4.85. The van der Waals surface area contributed by atoms with Gasteiger partial charge in [0, 0.05) is 13.1 Å². The van der Waals surface area contributed by atoms with Gasteiger partial charge in [0.15, 0.2) is 24.8 Å². The minimum Gasteiger partial charge on any atom is -0.394 e. The molecular weight excluding hydrogens is 704 g/mol. The van der Waals surface area contributed by atoms with Gasteiger partial charge in [-0.15, -0.1) is 0 Å². The summed E-state index contributed by atoms with van der Waals surface area (Å²) in [4.78, 5) is 24.4. The Morgan fingerprint density at radius 3 is 1.18 bits per heavy atom. The Hall–Kier alpha value is -1.86. The van der Waals surface area contributed by atoms with E-state index in [-0.39, 0.29) is 19.5 Å². The van der Waals surface area contributed by atoms with E-state index in [1.165, 1.54) is 0 Å². The molecule has 0 bridgehead atoms. The quantitative estimate of drug-likeness (QED) is 0.0513. The van der Waals surface area contributed by atoms with Gasteiger partial charge in [-0.25, -0.2) is 0 Å². The second-order valence-corrected chi connectivity index (χ2v) is 12.0. The summed E-state index contributed by atoms with van der Waals surface area (Å²) >= 11 is 0. The maximum atomic E-state index is 12.2. The van der Waals surface area contributed by atoms with Crippen molar-refractivity contribution in [1.29, 1.82) is 0 Å². The lowest BCUT2D eigenvalue weighted by Gasteiger charge is -2.40. The molecule has 0 aromatic rings. The lowest BCUT2D eigenvalue weighted by atomic mass is 9.99. The molecule has 51 heavy (non-hydrogen) atoms. The van der Waals surface area contributed by atoms with E-state index >= 15 is 0 Å². The van der Waals surface area contributed by atoms with Crippen LogP contribution in [-0.4, -0.2) is 243 Å². The zero-order valence-electron chi connectivity index (χ0n) is 26.9. The molecule has 24 heteroatoms. The number of nitrogens with one attached hydrogen (secondary N) is 2. The highest BCUT2D eigenvalue weighted by molar-refractivity contribution is 5.81. The first-order valence-electron chi connectivity index (χ1n) is 15.7. The van der Waals surface area contributed by atoms with Gasteiger partial charge in [-0.2, -0.15) is 0 Å². The number of amides is 2. The van der Waals surface area contributed by atoms with Gasteiger partial charge in [-0.1, -0.05) is 0 Å². The van der Waals surface area contributed by atoms with Crippen molar-refractivity contribution in [3.63, 3.8) is 0 Å². The first kappa shape index (κ1) is 45.3. The van der Waals surface area contributed by atoms with Crippen molar-refractivity contribution >= 4 is 11.8 Å². The second-order valence-electron chi connectivity index (χ2n) is 12.0. The van der Waals surface area contributed by atoms with Crippen LogP contribution >= 0.6 is 0 Å². The van der Waals surface area contributed by atoms with E-state index in [0.717, 1.165) is 0 Å². The van der Waals surface area contributed by atoms with Crippen molar-refractivity contribution in [3.8, 4) is 0 Å². The zero-order chi connectivity index (χ0) is 38.7. The second kappa shape index (κ2) is 21.1. The molecule has 18 atom stereocenters.